The Morgan fingerprint density at radius 1 is 1.14 bits per heavy atom. The third-order valence-corrected chi connectivity index (χ3v) is 4.46. The lowest BCUT2D eigenvalue weighted by Crippen LogP contribution is -2.34. The number of carbonyl (C=O) groups is 1. The SMILES string of the molecule is O=C(NC(=S)Nc1ccc(I)cc1F)c1cc(I)ccc1Cl. The lowest BCUT2D eigenvalue weighted by molar-refractivity contribution is 0.0978. The normalized spacial score (nSPS) is 10.2. The van der Waals surface area contributed by atoms with Crippen molar-refractivity contribution < 1.29 is 9.18 Å². The summed E-state index contributed by atoms with van der Waals surface area (Å²) in [5.41, 5.74) is 0.500. The maximum Gasteiger partial charge on any atom is 0.258 e. The summed E-state index contributed by atoms with van der Waals surface area (Å²) in [6.45, 7) is 0. The van der Waals surface area contributed by atoms with Gasteiger partial charge in [0.25, 0.3) is 5.91 Å². The van der Waals surface area contributed by atoms with Crippen LogP contribution in [0.3, 0.4) is 0 Å². The van der Waals surface area contributed by atoms with Crippen molar-refractivity contribution in [1.82, 2.24) is 5.32 Å². The molecule has 0 aliphatic rings. The zero-order valence-electron chi connectivity index (χ0n) is 10.8. The summed E-state index contributed by atoms with van der Waals surface area (Å²) in [6, 6.07) is 9.71. The van der Waals surface area contributed by atoms with Crippen LogP contribution in [-0.4, -0.2) is 11.0 Å². The zero-order valence-corrected chi connectivity index (χ0v) is 16.7. The van der Waals surface area contributed by atoms with Gasteiger partial charge in [-0.25, -0.2) is 4.39 Å². The molecule has 0 heterocycles. The highest BCUT2D eigenvalue weighted by Crippen LogP contribution is 2.19. The average Bonchev–Trinajstić information content (AvgIpc) is 2.44. The highest BCUT2D eigenvalue weighted by atomic mass is 127. The fourth-order valence-electron chi connectivity index (χ4n) is 1.59. The molecule has 2 N–H and O–H groups in total. The van der Waals surface area contributed by atoms with Crippen molar-refractivity contribution in [2.24, 2.45) is 0 Å². The van der Waals surface area contributed by atoms with Crippen molar-refractivity contribution in [3.63, 3.8) is 0 Å². The number of anilines is 1. The van der Waals surface area contributed by atoms with Crippen molar-refractivity contribution in [3.8, 4) is 0 Å². The molecule has 3 nitrogen and oxygen atoms in total. The van der Waals surface area contributed by atoms with Crippen LogP contribution in [0, 0.1) is 13.0 Å². The van der Waals surface area contributed by atoms with Gasteiger partial charge in [-0.2, -0.15) is 0 Å². The van der Waals surface area contributed by atoms with Crippen LogP contribution in [0.2, 0.25) is 5.02 Å². The van der Waals surface area contributed by atoms with Crippen molar-refractivity contribution in [1.29, 1.82) is 0 Å². The Morgan fingerprint density at radius 2 is 1.77 bits per heavy atom. The molecule has 22 heavy (non-hydrogen) atoms. The number of hydrogen-bond donors (Lipinski definition) is 2. The van der Waals surface area contributed by atoms with Gasteiger partial charge < -0.3 is 5.32 Å². The minimum absolute atomic E-state index is 0.0000334. The molecule has 0 radical (unpaired) electrons. The van der Waals surface area contributed by atoms with Gasteiger partial charge in [0.15, 0.2) is 5.11 Å². The maximum absolute atomic E-state index is 13.7. The van der Waals surface area contributed by atoms with E-state index in [1.165, 1.54) is 6.07 Å². The Bertz CT molecular complexity index is 758. The van der Waals surface area contributed by atoms with Gasteiger partial charge in [0.1, 0.15) is 5.82 Å². The Morgan fingerprint density at radius 3 is 2.45 bits per heavy atom. The summed E-state index contributed by atoms with van der Waals surface area (Å²) >= 11 is 15.1. The molecule has 2 aromatic carbocycles. The molecule has 0 unspecified atom stereocenters. The van der Waals surface area contributed by atoms with E-state index in [2.05, 4.69) is 33.2 Å². The van der Waals surface area contributed by atoms with E-state index in [-0.39, 0.29) is 10.8 Å². The summed E-state index contributed by atoms with van der Waals surface area (Å²) in [4.78, 5) is 12.1. The first-order valence-corrected chi connectivity index (χ1v) is 8.83. The Kier molecular flexibility index (Phi) is 6.36. The number of benzene rings is 2. The largest absolute Gasteiger partial charge is 0.330 e. The van der Waals surface area contributed by atoms with Crippen LogP contribution < -0.4 is 10.6 Å². The molecule has 0 fully saturated rings. The van der Waals surface area contributed by atoms with Gasteiger partial charge in [-0.3, -0.25) is 10.1 Å². The first kappa shape index (κ1) is 17.8. The summed E-state index contributed by atoms with van der Waals surface area (Å²) < 4.78 is 15.4. The molecule has 0 aliphatic heterocycles. The monoisotopic (exact) mass is 560 g/mol. The number of halogens is 4. The smallest absolute Gasteiger partial charge is 0.258 e. The first-order valence-electron chi connectivity index (χ1n) is 5.89. The van der Waals surface area contributed by atoms with E-state index in [1.54, 1.807) is 30.3 Å². The van der Waals surface area contributed by atoms with E-state index in [0.717, 1.165) is 7.14 Å². The fraction of sp³-hybridized carbons (Fsp3) is 0. The van der Waals surface area contributed by atoms with Crippen LogP contribution in [0.4, 0.5) is 10.1 Å². The number of hydrogen-bond acceptors (Lipinski definition) is 2. The summed E-state index contributed by atoms with van der Waals surface area (Å²) in [5.74, 6) is -0.900. The predicted octanol–water partition coefficient (Wildman–Crippen LogP) is 4.82. The van der Waals surface area contributed by atoms with Gasteiger partial charge in [0.2, 0.25) is 0 Å². The van der Waals surface area contributed by atoms with E-state index in [9.17, 15) is 9.18 Å². The van der Waals surface area contributed by atoms with Crippen LogP contribution in [0.25, 0.3) is 0 Å². The Hall–Kier alpha value is -0.520. The molecule has 0 aliphatic carbocycles. The van der Waals surface area contributed by atoms with Crippen LogP contribution in [0.1, 0.15) is 10.4 Å². The highest BCUT2D eigenvalue weighted by Gasteiger charge is 2.13. The molecule has 0 saturated carbocycles. The zero-order chi connectivity index (χ0) is 16.3. The van der Waals surface area contributed by atoms with Gasteiger partial charge in [0.05, 0.1) is 16.3 Å². The molecule has 0 saturated heterocycles. The molecular formula is C14H8ClFI2N2OS. The molecule has 1 amide bonds. The van der Waals surface area contributed by atoms with Gasteiger partial charge in [-0.15, -0.1) is 0 Å². The predicted molar refractivity (Wildman–Crippen MR) is 107 cm³/mol. The Labute approximate surface area is 164 Å². The molecule has 0 spiro atoms. The van der Waals surface area contributed by atoms with E-state index in [1.807, 2.05) is 22.6 Å². The molecule has 8 heteroatoms. The van der Waals surface area contributed by atoms with Crippen molar-refractivity contribution in [2.75, 3.05) is 5.32 Å². The minimum Gasteiger partial charge on any atom is -0.330 e. The number of amides is 1. The quantitative estimate of drug-likeness (QED) is 0.409. The van der Waals surface area contributed by atoms with E-state index in [0.29, 0.717) is 10.6 Å². The number of thiocarbonyl (C=S) groups is 1. The standard InChI is InChI=1S/C14H8ClFI2N2OS/c15-10-3-1-7(17)5-9(10)13(21)20-14(22)19-12-4-2-8(18)6-11(12)16/h1-6H,(H2,19,20,21,22). The second kappa shape index (κ2) is 7.84. The lowest BCUT2D eigenvalue weighted by atomic mass is 10.2. The van der Waals surface area contributed by atoms with E-state index < -0.39 is 11.7 Å². The van der Waals surface area contributed by atoms with Crippen LogP contribution in [-0.2, 0) is 0 Å². The summed E-state index contributed by atoms with van der Waals surface area (Å²) in [5, 5.41) is 5.45. The van der Waals surface area contributed by atoms with Gasteiger partial charge >= 0.3 is 0 Å². The molecule has 0 bridgehead atoms. The second-order valence-corrected chi connectivity index (χ2v) is 7.46. The van der Waals surface area contributed by atoms with Crippen LogP contribution in [0.15, 0.2) is 36.4 Å². The van der Waals surface area contributed by atoms with Crippen molar-refractivity contribution in [3.05, 3.63) is 59.9 Å². The van der Waals surface area contributed by atoms with Crippen molar-refractivity contribution in [2.45, 2.75) is 0 Å². The van der Waals surface area contributed by atoms with Gasteiger partial charge in [-0.05, 0) is 93.8 Å². The molecular weight excluding hydrogens is 552 g/mol. The van der Waals surface area contributed by atoms with E-state index >= 15 is 0 Å². The van der Waals surface area contributed by atoms with Crippen LogP contribution in [0.5, 0.6) is 0 Å². The molecule has 0 aromatic heterocycles. The molecule has 0 atom stereocenters. The summed E-state index contributed by atoms with van der Waals surface area (Å²) in [6.07, 6.45) is 0. The van der Waals surface area contributed by atoms with Crippen molar-refractivity contribution >= 4 is 85.7 Å². The fourth-order valence-corrected chi connectivity index (χ4v) is 2.94. The second-order valence-electron chi connectivity index (χ2n) is 4.16. The highest BCUT2D eigenvalue weighted by molar-refractivity contribution is 14.1. The number of rotatable bonds is 2. The topological polar surface area (TPSA) is 41.1 Å². The van der Waals surface area contributed by atoms with E-state index in [4.69, 9.17) is 23.8 Å². The van der Waals surface area contributed by atoms with Gasteiger partial charge in [0, 0.05) is 7.14 Å². The first-order chi connectivity index (χ1) is 10.4. The molecule has 2 rings (SSSR count). The molecule has 114 valence electrons. The number of carbonyl (C=O) groups excluding carboxylic acids is 1. The molecule has 2 aromatic rings. The Balaban J connectivity index is 2.08. The van der Waals surface area contributed by atoms with Crippen LogP contribution >= 0.6 is 69.0 Å². The lowest BCUT2D eigenvalue weighted by Gasteiger charge is -2.11. The average molecular weight is 561 g/mol. The third-order valence-electron chi connectivity index (χ3n) is 2.58. The minimum atomic E-state index is -0.452. The third kappa shape index (κ3) is 4.74. The maximum atomic E-state index is 13.7. The summed E-state index contributed by atoms with van der Waals surface area (Å²) in [7, 11) is 0. The van der Waals surface area contributed by atoms with Gasteiger partial charge in [-0.1, -0.05) is 11.6 Å². The number of nitrogens with one attached hydrogen (secondary N) is 2.